The van der Waals surface area contributed by atoms with Crippen molar-refractivity contribution in [3.8, 4) is 0 Å². The van der Waals surface area contributed by atoms with Gasteiger partial charge in [0, 0.05) is 0 Å². The molecule has 0 spiro atoms. The molecule has 7 heavy (non-hydrogen) atoms. The summed E-state index contributed by atoms with van der Waals surface area (Å²) in [6, 6.07) is 0. The molecule has 0 aliphatic heterocycles. The van der Waals surface area contributed by atoms with Crippen LogP contribution in [0.4, 0.5) is 0 Å². The van der Waals surface area contributed by atoms with Gasteiger partial charge < -0.3 is 12.9 Å². The van der Waals surface area contributed by atoms with E-state index in [2.05, 4.69) is 0 Å². The molecule has 0 saturated carbocycles. The minimum absolute atomic E-state index is 0. The summed E-state index contributed by atoms with van der Waals surface area (Å²) in [5.41, 5.74) is 8.62. The molecule has 0 aromatic carbocycles. The Morgan fingerprint density at radius 2 is 1.29 bits per heavy atom. The Hall–Kier alpha value is 1.50. The van der Waals surface area contributed by atoms with Crippen molar-refractivity contribution < 1.29 is 31.0 Å². The summed E-state index contributed by atoms with van der Waals surface area (Å²) in [5, 5.41) is 0. The summed E-state index contributed by atoms with van der Waals surface area (Å²) in [6.07, 6.45) is 0. The topological polar surface area (TPSA) is 52.0 Å². The van der Waals surface area contributed by atoms with E-state index in [1.54, 1.807) is 0 Å². The monoisotopic (exact) mass is 152 g/mol. The van der Waals surface area contributed by atoms with E-state index < -0.39 is 11.0 Å². The molecule has 2 unspecified atom stereocenters. The molecule has 0 radical (unpaired) electrons. The van der Waals surface area contributed by atoms with Gasteiger partial charge in [0.15, 0.2) is 0 Å². The summed E-state index contributed by atoms with van der Waals surface area (Å²) >= 11 is 10.3. The zero-order valence-electron chi connectivity index (χ0n) is 5.07. The summed E-state index contributed by atoms with van der Waals surface area (Å²) in [5.74, 6) is 0. The standard InChI is InChI=1S/C2H6Cl2N2.Na.H/c3-1(5)2(4)6;;/h1-2H,5-6H2;;/q;+1;-1. The maximum Gasteiger partial charge on any atom is 1.00 e. The predicted molar refractivity (Wildman–Crippen MR) is 28.8 cm³/mol. The van der Waals surface area contributed by atoms with Crippen LogP contribution in [0.5, 0.6) is 0 Å². The Morgan fingerprint density at radius 1 is 1.14 bits per heavy atom. The quantitative estimate of drug-likeness (QED) is 0.242. The van der Waals surface area contributed by atoms with Gasteiger partial charge in [0.1, 0.15) is 11.0 Å². The average Bonchev–Trinajstić information content (AvgIpc) is 1.36. The first kappa shape index (κ1) is 11.3. The van der Waals surface area contributed by atoms with E-state index in [0.29, 0.717) is 0 Å². The molecule has 4 N–H and O–H groups in total. The van der Waals surface area contributed by atoms with Crippen molar-refractivity contribution in [2.24, 2.45) is 11.5 Å². The van der Waals surface area contributed by atoms with Gasteiger partial charge >= 0.3 is 29.6 Å². The van der Waals surface area contributed by atoms with Crippen molar-refractivity contribution in [2.75, 3.05) is 0 Å². The number of halogens is 2. The van der Waals surface area contributed by atoms with Crippen LogP contribution in [0.25, 0.3) is 0 Å². The minimum Gasteiger partial charge on any atom is -1.00 e. The molecule has 2 atom stereocenters. The van der Waals surface area contributed by atoms with Crippen LogP contribution < -0.4 is 41.0 Å². The number of nitrogens with two attached hydrogens (primary N) is 2. The molecule has 40 valence electrons. The molecule has 0 aromatic rings. The molecule has 0 bridgehead atoms. The first-order chi connectivity index (χ1) is 2.64. The van der Waals surface area contributed by atoms with Crippen molar-refractivity contribution in [2.45, 2.75) is 11.0 Å². The number of alkyl halides is 2. The van der Waals surface area contributed by atoms with E-state index in [4.69, 9.17) is 34.7 Å². The van der Waals surface area contributed by atoms with Gasteiger partial charge in [-0.25, -0.2) is 0 Å². The summed E-state index contributed by atoms with van der Waals surface area (Å²) in [7, 11) is 0. The molecule has 5 heteroatoms. The van der Waals surface area contributed by atoms with Gasteiger partial charge in [0.2, 0.25) is 0 Å². The van der Waals surface area contributed by atoms with Crippen LogP contribution in [0, 0.1) is 0 Å². The van der Waals surface area contributed by atoms with E-state index >= 15 is 0 Å². The van der Waals surface area contributed by atoms with Crippen molar-refractivity contribution in [3.05, 3.63) is 0 Å². The van der Waals surface area contributed by atoms with Crippen molar-refractivity contribution in [1.29, 1.82) is 0 Å². The summed E-state index contributed by atoms with van der Waals surface area (Å²) in [6.45, 7) is 0. The van der Waals surface area contributed by atoms with Crippen molar-refractivity contribution >= 4 is 23.2 Å². The van der Waals surface area contributed by atoms with Crippen molar-refractivity contribution in [3.63, 3.8) is 0 Å². The van der Waals surface area contributed by atoms with Crippen LogP contribution in [0.15, 0.2) is 0 Å². The molecular formula is C2H7Cl2N2Na. The Kier molecular flexibility index (Phi) is 9.11. The van der Waals surface area contributed by atoms with Crippen LogP contribution in [0.2, 0.25) is 0 Å². The third-order valence-electron chi connectivity index (χ3n) is 0.304. The van der Waals surface area contributed by atoms with Crippen LogP contribution >= 0.6 is 23.2 Å². The molecule has 0 aliphatic rings. The average molecular weight is 153 g/mol. The smallest absolute Gasteiger partial charge is 1.00 e. The molecule has 0 rings (SSSR count). The van der Waals surface area contributed by atoms with Gasteiger partial charge in [-0.05, 0) is 0 Å². The predicted octanol–water partition coefficient (Wildman–Crippen LogP) is -2.85. The molecule has 0 heterocycles. The fourth-order valence-electron chi connectivity index (χ4n) is 0. The van der Waals surface area contributed by atoms with Gasteiger partial charge in [-0.1, -0.05) is 0 Å². The van der Waals surface area contributed by atoms with Gasteiger partial charge in [-0.2, -0.15) is 0 Å². The van der Waals surface area contributed by atoms with Crippen LogP contribution in [0.1, 0.15) is 1.43 Å². The minimum atomic E-state index is -0.633. The molecule has 0 saturated heterocycles. The fraction of sp³-hybridized carbons (Fsp3) is 1.00. The van der Waals surface area contributed by atoms with E-state index in [1.807, 2.05) is 0 Å². The van der Waals surface area contributed by atoms with E-state index in [9.17, 15) is 0 Å². The second kappa shape index (κ2) is 5.63. The second-order valence-electron chi connectivity index (χ2n) is 0.889. The number of hydrogen-bond acceptors (Lipinski definition) is 2. The first-order valence-corrected chi connectivity index (χ1v) is 2.31. The molecule has 0 aliphatic carbocycles. The van der Waals surface area contributed by atoms with Crippen molar-refractivity contribution in [1.82, 2.24) is 0 Å². The molecule has 0 aromatic heterocycles. The maximum absolute atomic E-state index is 5.13. The Morgan fingerprint density at radius 3 is 1.29 bits per heavy atom. The third kappa shape index (κ3) is 7.50. The fourth-order valence-corrected chi connectivity index (χ4v) is 0. The SMILES string of the molecule is NC(Cl)C(N)Cl.[H-].[Na+]. The Bertz CT molecular complexity index is 39.0. The molecule has 0 fully saturated rings. The van der Waals surface area contributed by atoms with Gasteiger partial charge in [-0.3, -0.25) is 0 Å². The Labute approximate surface area is 76.3 Å². The van der Waals surface area contributed by atoms with Gasteiger partial charge in [0.25, 0.3) is 0 Å². The zero-order valence-corrected chi connectivity index (χ0v) is 7.58. The molecular weight excluding hydrogens is 146 g/mol. The normalized spacial score (nSPS) is 17.1. The molecule has 0 amide bonds. The van der Waals surface area contributed by atoms with E-state index in [1.165, 1.54) is 0 Å². The zero-order chi connectivity index (χ0) is 5.15. The molecule has 2 nitrogen and oxygen atoms in total. The summed E-state index contributed by atoms with van der Waals surface area (Å²) < 4.78 is 0. The second-order valence-corrected chi connectivity index (χ2v) is 1.90. The Balaban J connectivity index is -0.000000125. The summed E-state index contributed by atoms with van der Waals surface area (Å²) in [4.78, 5) is 0. The number of rotatable bonds is 1. The van der Waals surface area contributed by atoms with Gasteiger partial charge in [0.05, 0.1) is 0 Å². The van der Waals surface area contributed by atoms with Crippen LogP contribution in [0.3, 0.4) is 0 Å². The van der Waals surface area contributed by atoms with E-state index in [-0.39, 0.29) is 31.0 Å². The van der Waals surface area contributed by atoms with Crippen LogP contribution in [-0.4, -0.2) is 11.0 Å². The van der Waals surface area contributed by atoms with Crippen LogP contribution in [-0.2, 0) is 0 Å². The third-order valence-corrected chi connectivity index (χ3v) is 0.976. The van der Waals surface area contributed by atoms with Gasteiger partial charge in [-0.15, -0.1) is 23.2 Å². The first-order valence-electron chi connectivity index (χ1n) is 1.44. The van der Waals surface area contributed by atoms with E-state index in [0.717, 1.165) is 0 Å². The largest absolute Gasteiger partial charge is 1.00 e. The maximum atomic E-state index is 5.13. The number of hydrogen-bond donors (Lipinski definition) is 2.